The maximum atomic E-state index is 16.1. The minimum absolute atomic E-state index is 0.0191. The van der Waals surface area contributed by atoms with Crippen LogP contribution in [0.2, 0.25) is 0 Å². The van der Waals surface area contributed by atoms with Crippen LogP contribution in [0, 0.1) is 29.0 Å². The normalized spacial score (nSPS) is 33.5. The van der Waals surface area contributed by atoms with Crippen LogP contribution in [0.4, 0.5) is 4.39 Å². The number of nitrogens with one attached hydrogen (secondary N) is 1. The maximum Gasteiger partial charge on any atom is 0.254 e. The van der Waals surface area contributed by atoms with Crippen molar-refractivity contribution in [3.63, 3.8) is 0 Å². The van der Waals surface area contributed by atoms with Crippen molar-refractivity contribution >= 4 is 17.6 Å². The van der Waals surface area contributed by atoms with E-state index in [1.807, 2.05) is 13.8 Å². The molecule has 4 bridgehead atoms. The SMILES string of the molecule is CC(C)C(=O)[C@H](NC(=O)c1cccc([C@@H]2CC[C@@H]3CC[C@H]2N3C(=O)C23CC(C2)C3)c1F)C1CCCCC1. The van der Waals surface area contributed by atoms with Crippen molar-refractivity contribution in [3.8, 4) is 0 Å². The van der Waals surface area contributed by atoms with E-state index in [0.29, 0.717) is 11.5 Å². The van der Waals surface area contributed by atoms with Gasteiger partial charge < -0.3 is 10.2 Å². The Kier molecular flexibility index (Phi) is 6.43. The summed E-state index contributed by atoms with van der Waals surface area (Å²) in [5.74, 6) is -0.0508. The van der Waals surface area contributed by atoms with E-state index in [9.17, 15) is 14.4 Å². The standard InChI is InChI=1S/C31H41FN2O3/c1-18(2)28(35)27(20-7-4-3-5-8-20)33-29(36)24-10-6-9-23(26(24)32)22-13-11-21-12-14-25(22)34(21)30(37)31-15-19(16-31)17-31/h6,9-10,18-22,25,27H,3-5,7-8,11-17H2,1-2H3,(H,33,36)/t19?,21-,22+,25-,27-,31?/m1/s1. The molecule has 37 heavy (non-hydrogen) atoms. The zero-order chi connectivity index (χ0) is 25.9. The van der Waals surface area contributed by atoms with E-state index in [1.54, 1.807) is 12.1 Å². The number of fused-ring (bicyclic) bond motifs is 2. The van der Waals surface area contributed by atoms with E-state index in [0.717, 1.165) is 83.0 Å². The number of carbonyl (C=O) groups is 3. The third kappa shape index (κ3) is 4.13. The Balaban J connectivity index is 1.23. The second kappa shape index (κ2) is 9.50. The number of Topliss-reactive ketones (excluding diaryl/α,β-unsaturated/α-hetero) is 1. The Hall–Kier alpha value is -2.24. The first kappa shape index (κ1) is 25.1. The number of halogens is 1. The smallest absolute Gasteiger partial charge is 0.254 e. The van der Waals surface area contributed by atoms with Crippen molar-refractivity contribution in [2.75, 3.05) is 0 Å². The summed E-state index contributed by atoms with van der Waals surface area (Å²) in [5.41, 5.74) is 0.454. The number of ketones is 1. The number of hydrogen-bond acceptors (Lipinski definition) is 3. The van der Waals surface area contributed by atoms with Gasteiger partial charge in [-0.2, -0.15) is 0 Å². The first-order valence-electron chi connectivity index (χ1n) is 14.7. The van der Waals surface area contributed by atoms with Crippen molar-refractivity contribution in [3.05, 3.63) is 35.1 Å². The summed E-state index contributed by atoms with van der Waals surface area (Å²) in [6.45, 7) is 3.73. The molecule has 1 aromatic rings. The van der Waals surface area contributed by atoms with Gasteiger partial charge in [-0.05, 0) is 81.3 Å². The molecule has 6 aliphatic rings. The lowest BCUT2D eigenvalue weighted by molar-refractivity contribution is -0.181. The highest BCUT2D eigenvalue weighted by Gasteiger charge is 2.64. The molecule has 1 aromatic carbocycles. The lowest BCUT2D eigenvalue weighted by atomic mass is 9.44. The number of piperidine rings is 1. The highest BCUT2D eigenvalue weighted by atomic mass is 19.1. The summed E-state index contributed by atoms with van der Waals surface area (Å²) in [5, 5.41) is 2.96. The van der Waals surface area contributed by atoms with Gasteiger partial charge in [0.1, 0.15) is 5.82 Å². The van der Waals surface area contributed by atoms with Crippen LogP contribution in [0.3, 0.4) is 0 Å². The summed E-state index contributed by atoms with van der Waals surface area (Å²) in [7, 11) is 0. The molecule has 0 spiro atoms. The van der Waals surface area contributed by atoms with Crippen molar-refractivity contribution in [2.24, 2.45) is 23.2 Å². The predicted octanol–water partition coefficient (Wildman–Crippen LogP) is 5.77. The summed E-state index contributed by atoms with van der Waals surface area (Å²) in [6, 6.07) is 4.85. The molecule has 0 radical (unpaired) electrons. The number of carbonyl (C=O) groups excluding carboxylic acids is 3. The number of amides is 2. The Morgan fingerprint density at radius 1 is 0.973 bits per heavy atom. The monoisotopic (exact) mass is 508 g/mol. The highest BCUT2D eigenvalue weighted by Crippen LogP contribution is 2.66. The fourth-order valence-corrected chi connectivity index (χ4v) is 8.33. The summed E-state index contributed by atoms with van der Waals surface area (Å²) >= 11 is 0. The van der Waals surface area contributed by atoms with E-state index < -0.39 is 17.8 Å². The number of nitrogens with zero attached hydrogens (tertiary/aromatic N) is 1. The molecular weight excluding hydrogens is 467 g/mol. The minimum atomic E-state index is -0.567. The van der Waals surface area contributed by atoms with Gasteiger partial charge in [-0.1, -0.05) is 45.2 Å². The van der Waals surface area contributed by atoms with Gasteiger partial charge in [0.15, 0.2) is 5.78 Å². The number of rotatable bonds is 7. The van der Waals surface area contributed by atoms with E-state index in [1.165, 1.54) is 6.07 Å². The van der Waals surface area contributed by atoms with Gasteiger partial charge in [0, 0.05) is 23.9 Å². The van der Waals surface area contributed by atoms with Gasteiger partial charge in [-0.15, -0.1) is 0 Å². The van der Waals surface area contributed by atoms with Crippen LogP contribution < -0.4 is 5.32 Å². The second-order valence-electron chi connectivity index (χ2n) is 13.1. The van der Waals surface area contributed by atoms with Gasteiger partial charge in [0.2, 0.25) is 5.91 Å². The molecule has 0 unspecified atom stereocenters. The zero-order valence-corrected chi connectivity index (χ0v) is 22.3. The van der Waals surface area contributed by atoms with Gasteiger partial charge in [-0.3, -0.25) is 14.4 Å². The van der Waals surface area contributed by atoms with E-state index in [4.69, 9.17) is 0 Å². The molecule has 6 fully saturated rings. The molecule has 2 amide bonds. The summed E-state index contributed by atoms with van der Waals surface area (Å²) in [6.07, 6.45) is 11.9. The lowest BCUT2D eigenvalue weighted by Crippen LogP contribution is -2.64. The first-order valence-corrected chi connectivity index (χ1v) is 14.7. The van der Waals surface area contributed by atoms with Gasteiger partial charge in [0.25, 0.3) is 5.91 Å². The van der Waals surface area contributed by atoms with Crippen LogP contribution >= 0.6 is 0 Å². The van der Waals surface area contributed by atoms with Crippen LogP contribution in [-0.2, 0) is 9.59 Å². The van der Waals surface area contributed by atoms with Crippen LogP contribution in [0.15, 0.2) is 18.2 Å². The van der Waals surface area contributed by atoms with Crippen molar-refractivity contribution < 1.29 is 18.8 Å². The van der Waals surface area contributed by atoms with Crippen LogP contribution in [-0.4, -0.2) is 40.6 Å². The molecule has 0 aromatic heterocycles. The summed E-state index contributed by atoms with van der Waals surface area (Å²) < 4.78 is 16.1. The van der Waals surface area contributed by atoms with Gasteiger partial charge in [-0.25, -0.2) is 4.39 Å². The molecule has 2 heterocycles. The molecule has 6 heteroatoms. The molecule has 2 saturated heterocycles. The van der Waals surface area contributed by atoms with Crippen LogP contribution in [0.5, 0.6) is 0 Å². The average molecular weight is 509 g/mol. The topological polar surface area (TPSA) is 66.5 Å². The van der Waals surface area contributed by atoms with E-state index >= 15 is 4.39 Å². The summed E-state index contributed by atoms with van der Waals surface area (Å²) in [4.78, 5) is 42.2. The Labute approximate surface area is 219 Å². The molecule has 200 valence electrons. The maximum absolute atomic E-state index is 16.1. The molecule has 5 nitrogen and oxygen atoms in total. The molecule has 7 rings (SSSR count). The number of hydrogen-bond donors (Lipinski definition) is 1. The molecule has 2 aliphatic heterocycles. The van der Waals surface area contributed by atoms with Crippen LogP contribution in [0.25, 0.3) is 0 Å². The van der Waals surface area contributed by atoms with Gasteiger partial charge in [0.05, 0.1) is 17.0 Å². The van der Waals surface area contributed by atoms with Crippen molar-refractivity contribution in [2.45, 2.75) is 115 Å². The van der Waals surface area contributed by atoms with Gasteiger partial charge >= 0.3 is 0 Å². The molecule has 1 N–H and O–H groups in total. The fraction of sp³-hybridized carbons (Fsp3) is 0.710. The minimum Gasteiger partial charge on any atom is -0.342 e. The van der Waals surface area contributed by atoms with Crippen molar-refractivity contribution in [1.82, 2.24) is 10.2 Å². The predicted molar refractivity (Wildman–Crippen MR) is 139 cm³/mol. The second-order valence-corrected chi connectivity index (χ2v) is 13.1. The van der Waals surface area contributed by atoms with Crippen LogP contribution in [0.1, 0.15) is 113 Å². The van der Waals surface area contributed by atoms with E-state index in [-0.39, 0.29) is 46.6 Å². The third-order valence-electron chi connectivity index (χ3n) is 10.5. The Bertz CT molecular complexity index is 1080. The average Bonchev–Trinajstić information content (AvgIpc) is 3.14. The molecule has 4 aliphatic carbocycles. The Morgan fingerprint density at radius 3 is 2.32 bits per heavy atom. The van der Waals surface area contributed by atoms with Crippen molar-refractivity contribution in [1.29, 1.82) is 0 Å². The quantitative estimate of drug-likeness (QED) is 0.509. The molecule has 4 atom stereocenters. The lowest BCUT2D eigenvalue weighted by Gasteiger charge is -2.62. The fourth-order valence-electron chi connectivity index (χ4n) is 8.33. The largest absolute Gasteiger partial charge is 0.342 e. The first-order chi connectivity index (χ1) is 17.8. The number of benzene rings is 1. The Morgan fingerprint density at radius 2 is 1.68 bits per heavy atom. The third-order valence-corrected chi connectivity index (χ3v) is 10.5. The molecule has 4 saturated carbocycles. The zero-order valence-electron chi connectivity index (χ0n) is 22.3. The van der Waals surface area contributed by atoms with E-state index in [2.05, 4.69) is 10.2 Å². The highest BCUT2D eigenvalue weighted by molar-refractivity contribution is 5.98. The molecular formula is C31H41FN2O3.